The van der Waals surface area contributed by atoms with Crippen molar-refractivity contribution < 1.29 is 32.5 Å². The maximum Gasteiger partial charge on any atom is 0.293 e. The molecule has 5 rings (SSSR count). The molecule has 1 fully saturated rings. The topological polar surface area (TPSA) is 168 Å². The molecular formula is C40H45N5O8S2. The molecule has 13 nitrogen and oxygen atoms in total. The zero-order chi connectivity index (χ0) is 39.5. The quantitative estimate of drug-likeness (QED) is 0.0738. The molecule has 1 atom stereocenters. The minimum atomic E-state index is -4.53. The number of ether oxygens (including phenoxy) is 1. The molecule has 0 saturated carbocycles. The van der Waals surface area contributed by atoms with Gasteiger partial charge in [0.1, 0.15) is 11.4 Å². The van der Waals surface area contributed by atoms with Crippen molar-refractivity contribution in [2.45, 2.75) is 54.4 Å². The molecule has 1 heterocycles. The number of likely N-dealkylation sites (tertiary alicyclic amines) is 1. The lowest BCUT2D eigenvalue weighted by Gasteiger charge is -2.26. The molecule has 2 N–H and O–H groups in total. The third-order valence-corrected chi connectivity index (χ3v) is 11.7. The van der Waals surface area contributed by atoms with Gasteiger partial charge in [0.25, 0.3) is 21.6 Å². The van der Waals surface area contributed by atoms with Crippen molar-refractivity contribution in [3.63, 3.8) is 0 Å². The summed E-state index contributed by atoms with van der Waals surface area (Å²) < 4.78 is 34.3. The molecular weight excluding hydrogens is 743 g/mol. The fraction of sp³-hybridized carbons (Fsp3) is 0.325. The fourth-order valence-electron chi connectivity index (χ4n) is 6.15. The summed E-state index contributed by atoms with van der Waals surface area (Å²) in [6.45, 7) is 1.62. The number of aryl methyl sites for hydroxylation is 1. The van der Waals surface area contributed by atoms with Crippen LogP contribution in [0.25, 0.3) is 11.1 Å². The van der Waals surface area contributed by atoms with E-state index in [0.717, 1.165) is 60.0 Å². The highest BCUT2D eigenvalue weighted by molar-refractivity contribution is 7.99. The number of nitrogens with zero attached hydrogens (tertiary/aromatic N) is 3. The van der Waals surface area contributed by atoms with Crippen LogP contribution < -0.4 is 14.8 Å². The van der Waals surface area contributed by atoms with E-state index in [1.165, 1.54) is 40.9 Å². The number of nitro groups is 1. The summed E-state index contributed by atoms with van der Waals surface area (Å²) in [7, 11) is 0.264. The fourth-order valence-corrected chi connectivity index (χ4v) is 8.09. The smallest absolute Gasteiger partial charge is 0.293 e. The van der Waals surface area contributed by atoms with Crippen molar-refractivity contribution in [2.75, 3.05) is 45.4 Å². The van der Waals surface area contributed by atoms with Crippen LogP contribution in [0.1, 0.15) is 48.0 Å². The lowest BCUT2D eigenvalue weighted by molar-refractivity contribution is -0.384. The third-order valence-electron chi connectivity index (χ3n) is 9.24. The second-order valence-electron chi connectivity index (χ2n) is 13.4. The predicted octanol–water partition coefficient (Wildman–Crippen LogP) is 6.39. The monoisotopic (exact) mass is 787 g/mol. The van der Waals surface area contributed by atoms with Crippen LogP contribution in [0.2, 0.25) is 0 Å². The largest absolute Gasteiger partial charge is 0.496 e. The number of hydrogen-bond acceptors (Lipinski definition) is 10. The Bertz CT molecular complexity index is 2110. The van der Waals surface area contributed by atoms with Crippen molar-refractivity contribution in [3.05, 3.63) is 112 Å². The van der Waals surface area contributed by atoms with Gasteiger partial charge < -0.3 is 19.9 Å². The predicted molar refractivity (Wildman–Crippen MR) is 213 cm³/mol. The van der Waals surface area contributed by atoms with Crippen LogP contribution in [-0.2, 0) is 26.0 Å². The number of piperidine rings is 1. The Kier molecular flexibility index (Phi) is 13.9. The molecule has 290 valence electrons. The van der Waals surface area contributed by atoms with E-state index in [0.29, 0.717) is 24.3 Å². The number of anilines is 1. The number of carbonyl (C=O) groups is 3. The Hall–Kier alpha value is -5.41. The van der Waals surface area contributed by atoms with Crippen LogP contribution in [0.3, 0.4) is 0 Å². The summed E-state index contributed by atoms with van der Waals surface area (Å²) in [5.74, 6) is 0.0336. The minimum Gasteiger partial charge on any atom is -0.496 e. The highest BCUT2D eigenvalue weighted by Crippen LogP contribution is 2.33. The van der Waals surface area contributed by atoms with Crippen molar-refractivity contribution >= 4 is 50.9 Å². The molecule has 0 unspecified atom stereocenters. The molecule has 4 aromatic carbocycles. The molecule has 55 heavy (non-hydrogen) atoms. The van der Waals surface area contributed by atoms with Gasteiger partial charge in [-0.3, -0.25) is 24.5 Å². The maximum absolute atomic E-state index is 13.3. The molecule has 0 radical (unpaired) electrons. The van der Waals surface area contributed by atoms with Crippen molar-refractivity contribution in [2.24, 2.45) is 0 Å². The molecule has 0 spiro atoms. The maximum atomic E-state index is 13.3. The molecule has 0 aliphatic carbocycles. The average Bonchev–Trinajstić information content (AvgIpc) is 3.19. The third kappa shape index (κ3) is 11.1. The number of benzene rings is 4. The number of nitrogens with one attached hydrogen (secondary N) is 2. The van der Waals surface area contributed by atoms with Gasteiger partial charge in [0.2, 0.25) is 11.8 Å². The van der Waals surface area contributed by atoms with E-state index < -0.39 is 37.5 Å². The first-order chi connectivity index (χ1) is 26.3. The second kappa shape index (κ2) is 18.8. The Balaban J connectivity index is 1.26. The Labute approximate surface area is 325 Å². The molecule has 1 aliphatic heterocycles. The number of methoxy groups -OCH3 is 1. The van der Waals surface area contributed by atoms with Crippen LogP contribution in [0.15, 0.2) is 101 Å². The van der Waals surface area contributed by atoms with E-state index >= 15 is 0 Å². The summed E-state index contributed by atoms with van der Waals surface area (Å²) in [6, 6.07) is 24.3. The first-order valence-electron chi connectivity index (χ1n) is 17.9. The van der Waals surface area contributed by atoms with Gasteiger partial charge in [-0.2, -0.15) is 0 Å². The van der Waals surface area contributed by atoms with Crippen LogP contribution in [0.5, 0.6) is 5.75 Å². The molecule has 1 aliphatic rings. The number of thioether (sulfide) groups is 1. The first-order valence-corrected chi connectivity index (χ1v) is 20.4. The van der Waals surface area contributed by atoms with Gasteiger partial charge in [-0.05, 0) is 79.3 Å². The standard InChI is InChI=1S/C40H45N5O8S2/c1-43(2)39(47)25-31(27-54-32-10-6-4-7-11-32)41-35-20-18-33(26-36(35)45(49)50)55(51,52)42-40(48)30-16-14-29(15-17-30)34-19-12-28(24-37(34)53-3)13-21-38(46)44-22-8-5-9-23-44/h4,6-7,10-12,14-20,24,26,31,41H,5,8-9,13,21-23,25,27H2,1-3H3,(H,42,48)/t31-/m1/s1. The van der Waals surface area contributed by atoms with Gasteiger partial charge in [0, 0.05) is 73.9 Å². The van der Waals surface area contributed by atoms with Crippen LogP contribution in [0.4, 0.5) is 11.4 Å². The van der Waals surface area contributed by atoms with Crippen molar-refractivity contribution in [3.8, 4) is 16.9 Å². The summed E-state index contributed by atoms with van der Waals surface area (Å²) in [6.07, 6.45) is 4.28. The van der Waals surface area contributed by atoms with Gasteiger partial charge in [0.05, 0.1) is 16.9 Å². The minimum absolute atomic E-state index is 0.0329. The SMILES string of the molecule is COc1cc(CCC(=O)N2CCCCC2)ccc1-c1ccc(C(=O)NS(=O)(=O)c2ccc(N[C@@H](CSc3ccccc3)CC(=O)N(C)C)c([N+](=O)[O-])c2)cc1. The van der Waals surface area contributed by atoms with E-state index in [9.17, 15) is 32.9 Å². The second-order valence-corrected chi connectivity index (χ2v) is 16.2. The lowest BCUT2D eigenvalue weighted by Crippen LogP contribution is -2.35. The molecule has 3 amide bonds. The van der Waals surface area contributed by atoms with Gasteiger partial charge in [-0.25, -0.2) is 13.1 Å². The molecule has 4 aromatic rings. The number of nitro benzene ring substituents is 1. The highest BCUT2D eigenvalue weighted by atomic mass is 32.2. The van der Waals surface area contributed by atoms with Crippen LogP contribution in [0, 0.1) is 10.1 Å². The highest BCUT2D eigenvalue weighted by Gasteiger charge is 2.26. The van der Waals surface area contributed by atoms with E-state index in [1.54, 1.807) is 33.3 Å². The van der Waals surface area contributed by atoms with Crippen LogP contribution >= 0.6 is 11.8 Å². The molecule has 0 bridgehead atoms. The zero-order valence-electron chi connectivity index (χ0n) is 31.0. The van der Waals surface area contributed by atoms with E-state index in [4.69, 9.17) is 4.74 Å². The first kappa shape index (κ1) is 40.8. The van der Waals surface area contributed by atoms with Crippen molar-refractivity contribution in [1.29, 1.82) is 0 Å². The Morgan fingerprint density at radius 1 is 0.945 bits per heavy atom. The molecule has 0 aromatic heterocycles. The normalized spacial score (nSPS) is 13.4. The summed E-state index contributed by atoms with van der Waals surface area (Å²) in [5.41, 5.74) is 1.99. The van der Waals surface area contributed by atoms with Gasteiger partial charge >= 0.3 is 0 Å². The zero-order valence-corrected chi connectivity index (χ0v) is 32.7. The van der Waals surface area contributed by atoms with Gasteiger partial charge in [0.15, 0.2) is 0 Å². The van der Waals surface area contributed by atoms with E-state index in [1.807, 2.05) is 58.2 Å². The molecule has 1 saturated heterocycles. The van der Waals surface area contributed by atoms with Crippen LogP contribution in [-0.4, -0.2) is 87.0 Å². The van der Waals surface area contributed by atoms with Gasteiger partial charge in [-0.15, -0.1) is 11.8 Å². The van der Waals surface area contributed by atoms with E-state index in [2.05, 4.69) is 5.32 Å². The van der Waals surface area contributed by atoms with Crippen molar-refractivity contribution in [1.82, 2.24) is 14.5 Å². The number of rotatable bonds is 16. The number of carbonyl (C=O) groups excluding carboxylic acids is 3. The number of hydrogen-bond donors (Lipinski definition) is 2. The Morgan fingerprint density at radius 3 is 2.31 bits per heavy atom. The average molecular weight is 788 g/mol. The summed E-state index contributed by atoms with van der Waals surface area (Å²) in [4.78, 5) is 53.7. The summed E-state index contributed by atoms with van der Waals surface area (Å²) in [5, 5.41) is 15.2. The van der Waals surface area contributed by atoms with E-state index in [-0.39, 0.29) is 29.5 Å². The van der Waals surface area contributed by atoms with Gasteiger partial charge in [-0.1, -0.05) is 42.5 Å². The number of sulfonamides is 1. The number of amides is 3. The Morgan fingerprint density at radius 2 is 1.65 bits per heavy atom. The summed E-state index contributed by atoms with van der Waals surface area (Å²) >= 11 is 1.47. The molecule has 15 heteroatoms. The lowest BCUT2D eigenvalue weighted by atomic mass is 9.99.